The normalized spacial score (nSPS) is 11.2. The molecule has 3 rings (SSSR count). The Morgan fingerprint density at radius 1 is 1.33 bits per heavy atom. The molecule has 24 heavy (non-hydrogen) atoms. The lowest BCUT2D eigenvalue weighted by atomic mass is 10.2. The summed E-state index contributed by atoms with van der Waals surface area (Å²) in [5.74, 6) is -2.23. The maximum absolute atomic E-state index is 12.8. The number of tetrazole rings is 1. The van der Waals surface area contributed by atoms with Crippen molar-refractivity contribution in [2.45, 2.75) is 17.3 Å². The van der Waals surface area contributed by atoms with Crippen molar-refractivity contribution in [1.29, 1.82) is 0 Å². The van der Waals surface area contributed by atoms with Crippen LogP contribution in [-0.4, -0.2) is 35.7 Å². The van der Waals surface area contributed by atoms with Crippen LogP contribution in [0.3, 0.4) is 0 Å². The van der Waals surface area contributed by atoms with Crippen molar-refractivity contribution in [3.8, 4) is 11.6 Å². The van der Waals surface area contributed by atoms with Crippen LogP contribution in [0, 0.1) is 0 Å². The van der Waals surface area contributed by atoms with E-state index >= 15 is 0 Å². The molecule has 0 spiro atoms. The minimum Gasteiger partial charge on any atom is -0.473 e. The summed E-state index contributed by atoms with van der Waals surface area (Å²) < 4.78 is 33.3. The molecular weight excluding hydrogens is 342 g/mol. The van der Waals surface area contributed by atoms with Gasteiger partial charge in [0.05, 0.1) is 11.9 Å². The fraction of sp³-hybridized carbons (Fsp3) is 0.231. The maximum Gasteiger partial charge on any atom is 0.368 e. The third kappa shape index (κ3) is 3.30. The number of alkyl halides is 2. The highest BCUT2D eigenvalue weighted by molar-refractivity contribution is 7.99. The van der Waals surface area contributed by atoms with Gasteiger partial charge in [-0.2, -0.15) is 23.2 Å². The predicted molar refractivity (Wildman–Crippen MR) is 81.4 cm³/mol. The number of halogens is 2. The highest BCUT2D eigenvalue weighted by Crippen LogP contribution is 2.32. The molecule has 0 saturated heterocycles. The van der Waals surface area contributed by atoms with Crippen molar-refractivity contribution in [3.63, 3.8) is 0 Å². The van der Waals surface area contributed by atoms with Crippen molar-refractivity contribution in [2.75, 3.05) is 0 Å². The molecule has 0 bridgehead atoms. The minimum atomic E-state index is -2.61. The van der Waals surface area contributed by atoms with Crippen molar-refractivity contribution in [3.05, 3.63) is 46.5 Å². The van der Waals surface area contributed by atoms with E-state index in [-0.39, 0.29) is 6.61 Å². The lowest BCUT2D eigenvalue weighted by Crippen LogP contribution is -2.23. The topological polar surface area (TPSA) is 90.6 Å². The molecule has 0 atom stereocenters. The van der Waals surface area contributed by atoms with Crippen LogP contribution >= 0.6 is 11.8 Å². The van der Waals surface area contributed by atoms with Crippen LogP contribution in [0.5, 0.6) is 5.88 Å². The van der Waals surface area contributed by atoms with Gasteiger partial charge < -0.3 is 4.74 Å². The number of nitrogens with zero attached hydrogens (tertiary/aromatic N) is 5. The smallest absolute Gasteiger partial charge is 0.368 e. The van der Waals surface area contributed by atoms with Gasteiger partial charge >= 0.3 is 5.69 Å². The van der Waals surface area contributed by atoms with Crippen molar-refractivity contribution >= 4 is 11.8 Å². The van der Waals surface area contributed by atoms with Crippen LogP contribution in [0.2, 0.25) is 0 Å². The molecule has 0 fully saturated rings. The van der Waals surface area contributed by atoms with E-state index in [4.69, 9.17) is 4.74 Å². The summed E-state index contributed by atoms with van der Waals surface area (Å²) in [6.45, 7) is -0.0452. The summed E-state index contributed by atoms with van der Waals surface area (Å²) in [5.41, 5.74) is 0.246. The SMILES string of the molecule is Cn1nnn(-c2cccc(SC(F)F)c2COc2ccn[nH]2)c1=O. The molecule has 0 amide bonds. The number of nitrogens with one attached hydrogen (secondary N) is 1. The summed E-state index contributed by atoms with van der Waals surface area (Å²) in [4.78, 5) is 12.4. The molecular formula is C13H12F2N6O2S. The standard InChI is InChI=1S/C13H12F2N6O2S/c1-20-13(22)21(19-18-20)9-3-2-4-10(24-12(14)15)8(9)7-23-11-5-6-16-17-11/h2-6,12H,7H2,1H3,(H,16,17). The van der Waals surface area contributed by atoms with Gasteiger partial charge in [-0.05, 0) is 22.6 Å². The molecule has 1 N–H and O–H groups in total. The zero-order valence-electron chi connectivity index (χ0n) is 12.4. The summed E-state index contributed by atoms with van der Waals surface area (Å²) >= 11 is 0.374. The monoisotopic (exact) mass is 354 g/mol. The Bertz CT molecular complexity index is 877. The molecule has 0 aliphatic rings. The number of benzene rings is 1. The Balaban J connectivity index is 2.03. The fourth-order valence-corrected chi connectivity index (χ4v) is 2.70. The summed E-state index contributed by atoms with van der Waals surface area (Å²) in [6.07, 6.45) is 1.50. The number of H-pyrrole nitrogens is 1. The average Bonchev–Trinajstić information content (AvgIpc) is 3.17. The molecule has 8 nitrogen and oxygen atoms in total. The molecule has 2 heterocycles. The highest BCUT2D eigenvalue weighted by Gasteiger charge is 2.18. The van der Waals surface area contributed by atoms with Gasteiger partial charge in [0, 0.05) is 23.6 Å². The first kappa shape index (κ1) is 16.2. The number of ether oxygens (including phenoxy) is 1. The summed E-state index contributed by atoms with van der Waals surface area (Å²) in [5, 5.41) is 13.8. The molecule has 0 radical (unpaired) electrons. The Morgan fingerprint density at radius 3 is 2.79 bits per heavy atom. The second kappa shape index (κ2) is 6.83. The van der Waals surface area contributed by atoms with E-state index in [0.717, 1.165) is 9.36 Å². The molecule has 2 aromatic heterocycles. The van der Waals surface area contributed by atoms with Crippen LogP contribution < -0.4 is 10.4 Å². The van der Waals surface area contributed by atoms with Gasteiger partial charge in [-0.3, -0.25) is 0 Å². The van der Waals surface area contributed by atoms with Crippen LogP contribution in [-0.2, 0) is 13.7 Å². The zero-order chi connectivity index (χ0) is 17.1. The number of hydrogen-bond donors (Lipinski definition) is 1. The maximum atomic E-state index is 12.8. The van der Waals surface area contributed by atoms with Crippen LogP contribution in [0.25, 0.3) is 5.69 Å². The quantitative estimate of drug-likeness (QED) is 0.676. The van der Waals surface area contributed by atoms with E-state index in [1.807, 2.05) is 0 Å². The third-order valence-corrected chi connectivity index (χ3v) is 3.94. The molecule has 0 saturated carbocycles. The molecule has 0 aliphatic carbocycles. The molecule has 3 aromatic rings. The number of aromatic amines is 1. The lowest BCUT2D eigenvalue weighted by Gasteiger charge is -2.13. The van der Waals surface area contributed by atoms with Crippen LogP contribution in [0.15, 0.2) is 40.2 Å². The summed E-state index contributed by atoms with van der Waals surface area (Å²) in [6, 6.07) is 6.29. The van der Waals surface area contributed by atoms with Gasteiger partial charge in [-0.15, -0.1) is 0 Å². The number of aromatic nitrogens is 6. The van der Waals surface area contributed by atoms with E-state index in [0.29, 0.717) is 33.8 Å². The van der Waals surface area contributed by atoms with Gasteiger partial charge in [-0.1, -0.05) is 17.8 Å². The van der Waals surface area contributed by atoms with Crippen LogP contribution in [0.1, 0.15) is 5.56 Å². The minimum absolute atomic E-state index is 0.0452. The lowest BCUT2D eigenvalue weighted by molar-refractivity contribution is 0.251. The molecule has 126 valence electrons. The third-order valence-electron chi connectivity index (χ3n) is 3.12. The van der Waals surface area contributed by atoms with Gasteiger partial charge in [0.2, 0.25) is 5.88 Å². The van der Waals surface area contributed by atoms with Gasteiger partial charge in [0.15, 0.2) is 0 Å². The second-order valence-corrected chi connectivity index (χ2v) is 5.67. The van der Waals surface area contributed by atoms with E-state index in [1.165, 1.54) is 19.3 Å². The van der Waals surface area contributed by atoms with Crippen molar-refractivity contribution in [1.82, 2.24) is 30.0 Å². The number of thioether (sulfide) groups is 1. The van der Waals surface area contributed by atoms with E-state index in [1.54, 1.807) is 18.2 Å². The summed E-state index contributed by atoms with van der Waals surface area (Å²) in [7, 11) is 1.45. The first-order valence-corrected chi connectivity index (χ1v) is 7.62. The van der Waals surface area contributed by atoms with Crippen molar-refractivity contribution < 1.29 is 13.5 Å². The Kier molecular flexibility index (Phi) is 4.60. The largest absolute Gasteiger partial charge is 0.473 e. The zero-order valence-corrected chi connectivity index (χ0v) is 13.2. The predicted octanol–water partition coefficient (Wildman–Crippen LogP) is 1.58. The van der Waals surface area contributed by atoms with Crippen molar-refractivity contribution in [2.24, 2.45) is 7.05 Å². The Hall–Kier alpha value is -2.69. The van der Waals surface area contributed by atoms with E-state index in [9.17, 15) is 13.6 Å². The molecule has 0 aliphatic heterocycles. The first-order valence-electron chi connectivity index (χ1n) is 6.74. The molecule has 0 unspecified atom stereocenters. The fourth-order valence-electron chi connectivity index (χ4n) is 2.04. The number of rotatable bonds is 6. The Labute approximate surface area is 138 Å². The molecule has 1 aromatic carbocycles. The van der Waals surface area contributed by atoms with Gasteiger partial charge in [-0.25, -0.2) is 9.89 Å². The van der Waals surface area contributed by atoms with E-state index < -0.39 is 11.4 Å². The average molecular weight is 354 g/mol. The second-order valence-electron chi connectivity index (χ2n) is 4.64. The first-order chi connectivity index (χ1) is 11.6. The van der Waals surface area contributed by atoms with Gasteiger partial charge in [0.1, 0.15) is 6.61 Å². The van der Waals surface area contributed by atoms with Gasteiger partial charge in [0.25, 0.3) is 5.76 Å². The van der Waals surface area contributed by atoms with E-state index in [2.05, 4.69) is 20.6 Å². The Morgan fingerprint density at radius 2 is 2.17 bits per heavy atom. The number of aryl methyl sites for hydroxylation is 1. The molecule has 11 heteroatoms. The highest BCUT2D eigenvalue weighted by atomic mass is 32.2. The van der Waals surface area contributed by atoms with Crippen LogP contribution in [0.4, 0.5) is 8.78 Å². The number of hydrogen-bond acceptors (Lipinski definition) is 6.